The fourth-order valence-corrected chi connectivity index (χ4v) is 4.67. The molecule has 216 valence electrons. The molecule has 0 atom stereocenters. The Hall–Kier alpha value is -5.96. The molecule has 0 aliphatic rings. The number of nitrogens with zero attached hydrogens (tertiary/aromatic N) is 2. The summed E-state index contributed by atoms with van der Waals surface area (Å²) in [5.41, 5.74) is 10.4. The molecular weight excluding hydrogens is 562 g/mol. The number of pyridine rings is 2. The van der Waals surface area contributed by atoms with Crippen LogP contribution in [0, 0.1) is 11.6 Å². The molecule has 3 aromatic carbocycles. The van der Waals surface area contributed by atoms with Gasteiger partial charge in [-0.25, -0.2) is 13.8 Å². The van der Waals surface area contributed by atoms with E-state index in [4.69, 9.17) is 10.2 Å². The second kappa shape index (κ2) is 12.1. The second-order valence-corrected chi connectivity index (χ2v) is 10.00. The molecule has 6 aromatic rings. The van der Waals surface area contributed by atoms with Crippen LogP contribution in [0.3, 0.4) is 0 Å². The Bertz CT molecular complexity index is 2000. The average molecular weight is 587 g/mol. The summed E-state index contributed by atoms with van der Waals surface area (Å²) in [5, 5.41) is 3.56. The summed E-state index contributed by atoms with van der Waals surface area (Å²) in [6.45, 7) is 0.133. The van der Waals surface area contributed by atoms with E-state index in [2.05, 4.69) is 15.3 Å². The van der Waals surface area contributed by atoms with Crippen molar-refractivity contribution in [2.75, 3.05) is 5.73 Å². The molecule has 1 amide bonds. The zero-order valence-electron chi connectivity index (χ0n) is 23.1. The zero-order valence-corrected chi connectivity index (χ0v) is 23.1. The second-order valence-electron chi connectivity index (χ2n) is 10.00. The number of nitrogens with one attached hydrogen (secondary N) is 1. The molecule has 44 heavy (non-hydrogen) atoms. The molecule has 0 saturated heterocycles. The molecular formula is C35H24F2N4O3. The molecule has 0 bridgehead atoms. The van der Waals surface area contributed by atoms with Crippen LogP contribution in [0.5, 0.6) is 0 Å². The summed E-state index contributed by atoms with van der Waals surface area (Å²) in [5.74, 6) is -0.464. The van der Waals surface area contributed by atoms with Gasteiger partial charge in [-0.15, -0.1) is 0 Å². The lowest BCUT2D eigenvalue weighted by Crippen LogP contribution is -2.19. The number of carbonyl (C=O) groups is 2. The molecule has 0 saturated carbocycles. The highest BCUT2D eigenvalue weighted by atomic mass is 19.1. The molecule has 6 rings (SSSR count). The van der Waals surface area contributed by atoms with Crippen LogP contribution >= 0.6 is 0 Å². The third-order valence-corrected chi connectivity index (χ3v) is 6.92. The van der Waals surface area contributed by atoms with E-state index in [0.29, 0.717) is 39.5 Å². The first-order valence-electron chi connectivity index (χ1n) is 13.6. The summed E-state index contributed by atoms with van der Waals surface area (Å²) in [6.07, 6.45) is 6.07. The number of rotatable bonds is 8. The number of halogens is 2. The van der Waals surface area contributed by atoms with Crippen LogP contribution < -0.4 is 11.1 Å². The maximum absolute atomic E-state index is 13.7. The van der Waals surface area contributed by atoms with Crippen LogP contribution in [-0.2, 0) is 11.3 Å². The van der Waals surface area contributed by atoms with Gasteiger partial charge in [0.2, 0.25) is 5.91 Å². The van der Waals surface area contributed by atoms with E-state index in [1.165, 1.54) is 48.7 Å². The zero-order chi connectivity index (χ0) is 30.6. The van der Waals surface area contributed by atoms with Gasteiger partial charge >= 0.3 is 0 Å². The van der Waals surface area contributed by atoms with Crippen LogP contribution in [0.25, 0.3) is 39.4 Å². The van der Waals surface area contributed by atoms with Crippen molar-refractivity contribution < 1.29 is 22.8 Å². The van der Waals surface area contributed by atoms with Crippen LogP contribution in [0.15, 0.2) is 114 Å². The summed E-state index contributed by atoms with van der Waals surface area (Å²) in [7, 11) is 0. The van der Waals surface area contributed by atoms with Gasteiger partial charge in [-0.3, -0.25) is 14.6 Å². The maximum atomic E-state index is 13.7. The number of benzene rings is 3. The van der Waals surface area contributed by atoms with E-state index in [1.54, 1.807) is 48.7 Å². The standard InChI is InChI=1S/C35H24F2N4O3/c36-27-8-3-22(4-9-27)30-17-25(31-12-7-24(19-39-31)34(43)23-5-10-28(37)11-6-23)15-26-16-29(44-35(26)30)20-41-33(42)14-2-21-1-13-32(38)40-18-21/h1-19H,20H2,(H2,38,40)(H,41,42)/b14-2+. The minimum atomic E-state index is -0.420. The van der Waals surface area contributed by atoms with Gasteiger partial charge in [0.1, 0.15) is 28.8 Å². The van der Waals surface area contributed by atoms with Crippen LogP contribution in [-0.4, -0.2) is 21.7 Å². The van der Waals surface area contributed by atoms with E-state index >= 15 is 0 Å². The number of hydrogen-bond acceptors (Lipinski definition) is 6. The number of nitrogen functional groups attached to an aromatic ring is 1. The Balaban J connectivity index is 1.28. The molecule has 0 fully saturated rings. The van der Waals surface area contributed by atoms with E-state index in [0.717, 1.165) is 22.1 Å². The van der Waals surface area contributed by atoms with Gasteiger partial charge in [0, 0.05) is 46.1 Å². The highest BCUT2D eigenvalue weighted by Crippen LogP contribution is 2.36. The van der Waals surface area contributed by atoms with Gasteiger partial charge < -0.3 is 15.5 Å². The van der Waals surface area contributed by atoms with Gasteiger partial charge in [0.05, 0.1) is 12.2 Å². The van der Waals surface area contributed by atoms with Gasteiger partial charge in [-0.1, -0.05) is 12.1 Å². The highest BCUT2D eigenvalue weighted by molar-refractivity contribution is 6.09. The third kappa shape index (κ3) is 6.27. The molecule has 0 aliphatic carbocycles. The lowest BCUT2D eigenvalue weighted by molar-refractivity contribution is -0.116. The van der Waals surface area contributed by atoms with Gasteiger partial charge in [-0.2, -0.15) is 0 Å². The molecule has 0 spiro atoms. The minimum Gasteiger partial charge on any atom is -0.459 e. The normalized spacial score (nSPS) is 11.2. The van der Waals surface area contributed by atoms with Crippen molar-refractivity contribution in [3.8, 4) is 22.4 Å². The largest absolute Gasteiger partial charge is 0.459 e. The Kier molecular flexibility index (Phi) is 7.75. The van der Waals surface area contributed by atoms with Crippen molar-refractivity contribution in [3.63, 3.8) is 0 Å². The Morgan fingerprint density at radius 2 is 1.52 bits per heavy atom. The topological polar surface area (TPSA) is 111 Å². The Labute approximate surface area is 250 Å². The average Bonchev–Trinajstić information content (AvgIpc) is 3.47. The number of amides is 1. The minimum absolute atomic E-state index is 0.133. The summed E-state index contributed by atoms with van der Waals surface area (Å²) in [6, 6.07) is 23.8. The summed E-state index contributed by atoms with van der Waals surface area (Å²) >= 11 is 0. The smallest absolute Gasteiger partial charge is 0.244 e. The lowest BCUT2D eigenvalue weighted by atomic mass is 9.98. The number of hydrogen-bond donors (Lipinski definition) is 2. The first-order valence-corrected chi connectivity index (χ1v) is 13.6. The molecule has 7 nitrogen and oxygen atoms in total. The van der Waals surface area contributed by atoms with E-state index in [1.807, 2.05) is 18.2 Å². The van der Waals surface area contributed by atoms with Crippen LogP contribution in [0.4, 0.5) is 14.6 Å². The van der Waals surface area contributed by atoms with Crippen molar-refractivity contribution in [3.05, 3.63) is 144 Å². The van der Waals surface area contributed by atoms with Crippen molar-refractivity contribution in [2.45, 2.75) is 6.54 Å². The summed E-state index contributed by atoms with van der Waals surface area (Å²) < 4.78 is 33.2. The molecule has 0 unspecified atom stereocenters. The molecule has 9 heteroatoms. The highest BCUT2D eigenvalue weighted by Gasteiger charge is 2.16. The third-order valence-electron chi connectivity index (χ3n) is 6.92. The fourth-order valence-electron chi connectivity index (χ4n) is 4.67. The maximum Gasteiger partial charge on any atom is 0.244 e. The Morgan fingerprint density at radius 1 is 0.795 bits per heavy atom. The number of furan rings is 1. The predicted octanol–water partition coefficient (Wildman–Crippen LogP) is 6.98. The summed E-state index contributed by atoms with van der Waals surface area (Å²) in [4.78, 5) is 33.8. The van der Waals surface area contributed by atoms with Gasteiger partial charge in [0.25, 0.3) is 0 Å². The predicted molar refractivity (Wildman–Crippen MR) is 164 cm³/mol. The van der Waals surface area contributed by atoms with Crippen molar-refractivity contribution in [1.29, 1.82) is 0 Å². The quantitative estimate of drug-likeness (QED) is 0.147. The van der Waals surface area contributed by atoms with Crippen molar-refractivity contribution in [2.24, 2.45) is 0 Å². The SMILES string of the molecule is Nc1ccc(/C=C/C(=O)NCc2cc3cc(-c4ccc(C(=O)c5ccc(F)cc5)cn4)cc(-c4ccc(F)cc4)c3o2)cn1. The first kappa shape index (κ1) is 28.2. The van der Waals surface area contributed by atoms with Crippen LogP contribution in [0.2, 0.25) is 0 Å². The number of fused-ring (bicyclic) bond motifs is 1. The van der Waals surface area contributed by atoms with E-state index in [-0.39, 0.29) is 24.1 Å². The lowest BCUT2D eigenvalue weighted by Gasteiger charge is -2.08. The number of anilines is 1. The van der Waals surface area contributed by atoms with Crippen molar-refractivity contribution in [1.82, 2.24) is 15.3 Å². The molecule has 0 radical (unpaired) electrons. The first-order chi connectivity index (χ1) is 21.3. The molecule has 3 aromatic heterocycles. The number of ketones is 1. The fraction of sp³-hybridized carbons (Fsp3) is 0.0286. The number of aromatic nitrogens is 2. The van der Waals surface area contributed by atoms with Gasteiger partial charge in [-0.05, 0) is 96.1 Å². The number of nitrogens with two attached hydrogens (primary N) is 1. The van der Waals surface area contributed by atoms with Gasteiger partial charge in [0.15, 0.2) is 5.78 Å². The monoisotopic (exact) mass is 586 g/mol. The molecule has 3 N–H and O–H groups in total. The number of carbonyl (C=O) groups excluding carboxylic acids is 2. The van der Waals surface area contributed by atoms with Crippen molar-refractivity contribution >= 4 is 34.6 Å². The molecule has 3 heterocycles. The van der Waals surface area contributed by atoms with E-state index in [9.17, 15) is 18.4 Å². The van der Waals surface area contributed by atoms with E-state index < -0.39 is 5.82 Å². The Morgan fingerprint density at radius 3 is 2.20 bits per heavy atom. The molecule has 0 aliphatic heterocycles. The van der Waals surface area contributed by atoms with Crippen LogP contribution in [0.1, 0.15) is 27.2 Å².